The number of rotatable bonds is 2. The minimum Gasteiger partial charge on any atom is -0.361 e. The van der Waals surface area contributed by atoms with E-state index in [-0.39, 0.29) is 0 Å². The maximum atomic E-state index is 12.8. The monoisotopic (exact) mass is 366 g/mol. The van der Waals surface area contributed by atoms with Gasteiger partial charge in [0.1, 0.15) is 0 Å². The summed E-state index contributed by atoms with van der Waals surface area (Å²) in [6, 6.07) is 15.0. The first-order chi connectivity index (χ1) is 13.6. The first-order valence-corrected chi connectivity index (χ1v) is 8.74. The van der Waals surface area contributed by atoms with E-state index < -0.39 is 11.8 Å². The van der Waals surface area contributed by atoms with Gasteiger partial charge in [-0.25, -0.2) is 0 Å². The number of hydrogen-bond acceptors (Lipinski definition) is 3. The highest BCUT2D eigenvalue weighted by Crippen LogP contribution is 2.37. The number of carbonyl (C=O) groups excluding carboxylic acids is 2. The summed E-state index contributed by atoms with van der Waals surface area (Å²) in [6.07, 6.45) is 3.64. The fourth-order valence-electron chi connectivity index (χ4n) is 3.92. The largest absolute Gasteiger partial charge is 0.361 e. The first kappa shape index (κ1) is 16.1. The molecule has 6 nitrogen and oxygen atoms in total. The highest BCUT2D eigenvalue weighted by molar-refractivity contribution is 6.50. The molecule has 2 N–H and O–H groups in total. The Kier molecular flexibility index (Phi) is 3.27. The molecule has 0 unspecified atom stereocenters. The van der Waals surface area contributed by atoms with Gasteiger partial charge in [-0.3, -0.25) is 14.9 Å². The van der Waals surface area contributed by atoms with Gasteiger partial charge in [-0.1, -0.05) is 18.2 Å². The van der Waals surface area contributed by atoms with Crippen LogP contribution in [0.5, 0.6) is 0 Å². The Morgan fingerprint density at radius 2 is 1.79 bits per heavy atom. The Hall–Kier alpha value is -4.11. The third-order valence-corrected chi connectivity index (χ3v) is 5.18. The second-order valence-corrected chi connectivity index (χ2v) is 6.78. The lowest BCUT2D eigenvalue weighted by molar-refractivity contribution is -0.122. The van der Waals surface area contributed by atoms with Crippen LogP contribution >= 0.6 is 0 Å². The van der Waals surface area contributed by atoms with Gasteiger partial charge in [-0.15, -0.1) is 0 Å². The van der Waals surface area contributed by atoms with Crippen molar-refractivity contribution in [3.05, 3.63) is 71.5 Å². The van der Waals surface area contributed by atoms with Crippen molar-refractivity contribution in [2.24, 2.45) is 7.05 Å². The number of hydrogen-bond donors (Lipinski definition) is 2. The van der Waals surface area contributed by atoms with Crippen molar-refractivity contribution in [2.75, 3.05) is 0 Å². The van der Waals surface area contributed by atoms with Gasteiger partial charge in [0.2, 0.25) is 0 Å². The molecular weight excluding hydrogens is 352 g/mol. The van der Waals surface area contributed by atoms with E-state index in [4.69, 9.17) is 0 Å². The number of aromatic nitrogens is 2. The molecule has 4 aromatic rings. The zero-order chi connectivity index (χ0) is 19.4. The van der Waals surface area contributed by atoms with Gasteiger partial charge in [0.15, 0.2) is 0 Å². The van der Waals surface area contributed by atoms with E-state index in [1.165, 1.54) is 0 Å². The maximum absolute atomic E-state index is 12.8. The number of nitrogens with one attached hydrogen (secondary N) is 2. The molecule has 6 heteroatoms. The lowest BCUT2D eigenvalue weighted by Crippen LogP contribution is -2.22. The fraction of sp³-hybridized carbons (Fsp3) is 0.0455. The summed E-state index contributed by atoms with van der Waals surface area (Å²) >= 11 is 0. The molecule has 0 atom stereocenters. The quantitative estimate of drug-likeness (QED) is 0.534. The molecule has 0 radical (unpaired) electrons. The Morgan fingerprint density at radius 3 is 2.57 bits per heavy atom. The predicted molar refractivity (Wildman–Crippen MR) is 106 cm³/mol. The number of aryl methyl sites for hydroxylation is 1. The van der Waals surface area contributed by atoms with Gasteiger partial charge < -0.3 is 9.55 Å². The van der Waals surface area contributed by atoms with E-state index in [9.17, 15) is 14.9 Å². The van der Waals surface area contributed by atoms with Gasteiger partial charge in [-0.2, -0.15) is 5.26 Å². The highest BCUT2D eigenvalue weighted by atomic mass is 16.2. The van der Waals surface area contributed by atoms with E-state index in [1.54, 1.807) is 24.4 Å². The molecule has 28 heavy (non-hydrogen) atoms. The minimum absolute atomic E-state index is 0.319. The molecule has 2 aromatic carbocycles. The zero-order valence-electron chi connectivity index (χ0n) is 14.9. The Morgan fingerprint density at radius 1 is 1.00 bits per heavy atom. The van der Waals surface area contributed by atoms with Crippen LogP contribution in [0.3, 0.4) is 0 Å². The van der Waals surface area contributed by atoms with Crippen LogP contribution in [0.4, 0.5) is 0 Å². The molecule has 0 saturated carbocycles. The topological polar surface area (TPSA) is 90.7 Å². The van der Waals surface area contributed by atoms with Gasteiger partial charge >= 0.3 is 0 Å². The van der Waals surface area contributed by atoms with Gasteiger partial charge in [0.25, 0.3) is 11.8 Å². The molecule has 0 fully saturated rings. The molecule has 2 aromatic heterocycles. The number of benzene rings is 2. The predicted octanol–water partition coefficient (Wildman–Crippen LogP) is 3.10. The Bertz CT molecular complexity index is 1400. The standard InChI is InChI=1S/C22H14N4O2/c1-26-8-7-13-3-2-4-14(20(13)26)18-19(22(28)25-21(18)27)16-11-24-17-6-5-12(10-23)9-15(16)17/h2-9,11,24H,1H3,(H,25,27,28). The molecule has 0 saturated heterocycles. The fourth-order valence-corrected chi connectivity index (χ4v) is 3.92. The Labute approximate surface area is 159 Å². The third-order valence-electron chi connectivity index (χ3n) is 5.18. The van der Waals surface area contributed by atoms with Gasteiger partial charge in [-0.05, 0) is 24.3 Å². The average molecular weight is 366 g/mol. The van der Waals surface area contributed by atoms with Crippen LogP contribution in [0, 0.1) is 11.3 Å². The molecule has 1 aliphatic rings. The normalized spacial score (nSPS) is 14.1. The van der Waals surface area contributed by atoms with Gasteiger partial charge in [0, 0.05) is 46.9 Å². The molecule has 2 amide bonds. The number of H-pyrrole nitrogens is 1. The van der Waals surface area contributed by atoms with Crippen LogP contribution in [-0.4, -0.2) is 21.4 Å². The second-order valence-electron chi connectivity index (χ2n) is 6.78. The lowest BCUT2D eigenvalue weighted by Gasteiger charge is -2.08. The maximum Gasteiger partial charge on any atom is 0.259 e. The Balaban J connectivity index is 1.87. The van der Waals surface area contributed by atoms with Crippen molar-refractivity contribution in [2.45, 2.75) is 0 Å². The number of imide groups is 1. The van der Waals surface area contributed by atoms with E-state index in [0.29, 0.717) is 27.8 Å². The van der Waals surface area contributed by atoms with E-state index in [1.807, 2.05) is 42.1 Å². The molecule has 134 valence electrons. The summed E-state index contributed by atoms with van der Waals surface area (Å²) in [6.45, 7) is 0. The van der Waals surface area contributed by atoms with Crippen molar-refractivity contribution >= 4 is 44.8 Å². The number of fused-ring (bicyclic) bond motifs is 2. The van der Waals surface area contributed by atoms with E-state index in [0.717, 1.165) is 21.8 Å². The number of carbonyl (C=O) groups is 2. The van der Waals surface area contributed by atoms with Crippen molar-refractivity contribution in [3.8, 4) is 6.07 Å². The number of amides is 2. The summed E-state index contributed by atoms with van der Waals surface area (Å²) in [5.74, 6) is -0.853. The van der Waals surface area contributed by atoms with Crippen LogP contribution in [-0.2, 0) is 16.6 Å². The van der Waals surface area contributed by atoms with Crippen LogP contribution in [0.15, 0.2) is 54.9 Å². The van der Waals surface area contributed by atoms with Crippen LogP contribution < -0.4 is 5.32 Å². The molecule has 0 bridgehead atoms. The molecule has 1 aliphatic heterocycles. The summed E-state index contributed by atoms with van der Waals surface area (Å²) in [7, 11) is 1.91. The van der Waals surface area contributed by atoms with Crippen LogP contribution in [0.2, 0.25) is 0 Å². The zero-order valence-corrected chi connectivity index (χ0v) is 14.9. The molecule has 3 heterocycles. The molecule has 5 rings (SSSR count). The minimum atomic E-state index is -0.436. The van der Waals surface area contributed by atoms with E-state index >= 15 is 0 Å². The first-order valence-electron chi connectivity index (χ1n) is 8.74. The third kappa shape index (κ3) is 2.14. The molecule has 0 spiro atoms. The lowest BCUT2D eigenvalue weighted by atomic mass is 9.94. The summed E-state index contributed by atoms with van der Waals surface area (Å²) in [5.41, 5.74) is 4.15. The number of aromatic amines is 1. The average Bonchev–Trinajstić information content (AvgIpc) is 3.36. The van der Waals surface area contributed by atoms with E-state index in [2.05, 4.69) is 16.4 Å². The number of para-hydroxylation sites is 1. The van der Waals surface area contributed by atoms with Gasteiger partial charge in [0.05, 0.1) is 28.3 Å². The highest BCUT2D eigenvalue weighted by Gasteiger charge is 2.34. The second kappa shape index (κ2) is 5.69. The van der Waals surface area contributed by atoms with Crippen molar-refractivity contribution in [1.82, 2.24) is 14.9 Å². The molecular formula is C22H14N4O2. The summed E-state index contributed by atoms with van der Waals surface area (Å²) < 4.78 is 1.94. The summed E-state index contributed by atoms with van der Waals surface area (Å²) in [5, 5.41) is 13.4. The van der Waals surface area contributed by atoms with Crippen molar-refractivity contribution in [1.29, 1.82) is 5.26 Å². The summed E-state index contributed by atoms with van der Waals surface area (Å²) in [4.78, 5) is 28.6. The van der Waals surface area contributed by atoms with Crippen molar-refractivity contribution < 1.29 is 9.59 Å². The van der Waals surface area contributed by atoms with Crippen LogP contribution in [0.1, 0.15) is 16.7 Å². The smallest absolute Gasteiger partial charge is 0.259 e. The molecule has 0 aliphatic carbocycles. The number of nitrogens with zero attached hydrogens (tertiary/aromatic N) is 2. The van der Waals surface area contributed by atoms with Crippen molar-refractivity contribution in [3.63, 3.8) is 0 Å². The SMILES string of the molecule is Cn1ccc2cccc(C3=C(c4c[nH]c5ccc(C#N)cc45)C(=O)NC3=O)c21. The van der Waals surface area contributed by atoms with Crippen LogP contribution in [0.25, 0.3) is 33.0 Å². The number of nitriles is 1.